The van der Waals surface area contributed by atoms with Crippen molar-refractivity contribution in [3.63, 3.8) is 0 Å². The maximum absolute atomic E-state index is 12.4. The van der Waals surface area contributed by atoms with Crippen molar-refractivity contribution < 1.29 is 13.2 Å². The molecule has 0 bridgehead atoms. The van der Waals surface area contributed by atoms with E-state index in [4.69, 9.17) is 0 Å². The van der Waals surface area contributed by atoms with Gasteiger partial charge in [0, 0.05) is 22.3 Å². The Morgan fingerprint density at radius 3 is 2.57 bits per heavy atom. The number of amides is 1. The molecule has 0 aliphatic rings. The molecule has 2 N–H and O–H groups in total. The lowest BCUT2D eigenvalue weighted by molar-refractivity contribution is 0.102. The van der Waals surface area contributed by atoms with E-state index in [-0.39, 0.29) is 22.9 Å². The lowest BCUT2D eigenvalue weighted by Crippen LogP contribution is -2.23. The SMILES string of the molecule is CCNS(=O)(=O)c1cccc(C(=O)Nc2ccc(Br)cc2C)c1. The lowest BCUT2D eigenvalue weighted by Gasteiger charge is -2.10. The van der Waals surface area contributed by atoms with Crippen LogP contribution in [0.3, 0.4) is 0 Å². The van der Waals surface area contributed by atoms with Crippen molar-refractivity contribution in [1.29, 1.82) is 0 Å². The molecule has 2 rings (SSSR count). The molecule has 0 aliphatic heterocycles. The predicted octanol–water partition coefficient (Wildman–Crippen LogP) is 3.31. The molecule has 5 nitrogen and oxygen atoms in total. The molecule has 7 heteroatoms. The summed E-state index contributed by atoms with van der Waals surface area (Å²) >= 11 is 3.37. The topological polar surface area (TPSA) is 75.3 Å². The van der Waals surface area contributed by atoms with Crippen LogP contribution in [0.4, 0.5) is 5.69 Å². The van der Waals surface area contributed by atoms with Gasteiger partial charge in [-0.05, 0) is 48.9 Å². The normalized spacial score (nSPS) is 11.3. The number of carbonyl (C=O) groups excluding carboxylic acids is 1. The van der Waals surface area contributed by atoms with Gasteiger partial charge in [0.1, 0.15) is 0 Å². The van der Waals surface area contributed by atoms with E-state index in [9.17, 15) is 13.2 Å². The highest BCUT2D eigenvalue weighted by Crippen LogP contribution is 2.21. The number of sulfonamides is 1. The Labute approximate surface area is 144 Å². The third-order valence-electron chi connectivity index (χ3n) is 3.18. The summed E-state index contributed by atoms with van der Waals surface area (Å²) in [5.41, 5.74) is 1.87. The molecule has 0 saturated heterocycles. The third-order valence-corrected chi connectivity index (χ3v) is 5.21. The highest BCUT2D eigenvalue weighted by molar-refractivity contribution is 9.10. The largest absolute Gasteiger partial charge is 0.322 e. The number of benzene rings is 2. The standard InChI is InChI=1S/C16H17BrN2O3S/c1-3-18-23(21,22)14-6-4-5-12(10-14)16(20)19-15-8-7-13(17)9-11(15)2/h4-10,18H,3H2,1-2H3,(H,19,20). The second kappa shape index (κ2) is 7.25. The molecule has 0 atom stereocenters. The molecule has 2 aromatic carbocycles. The molecule has 0 aliphatic carbocycles. The van der Waals surface area contributed by atoms with Crippen molar-refractivity contribution in [2.45, 2.75) is 18.7 Å². The summed E-state index contributed by atoms with van der Waals surface area (Å²) in [6.45, 7) is 3.87. The minimum absolute atomic E-state index is 0.0690. The van der Waals surface area contributed by atoms with Crippen LogP contribution >= 0.6 is 15.9 Å². The maximum atomic E-state index is 12.4. The van der Waals surface area contributed by atoms with Crippen molar-refractivity contribution in [1.82, 2.24) is 4.72 Å². The van der Waals surface area contributed by atoms with Crippen LogP contribution in [0.15, 0.2) is 51.8 Å². The minimum atomic E-state index is -3.59. The van der Waals surface area contributed by atoms with Gasteiger partial charge in [0.2, 0.25) is 10.0 Å². The van der Waals surface area contributed by atoms with Gasteiger partial charge in [-0.25, -0.2) is 13.1 Å². The Morgan fingerprint density at radius 2 is 1.91 bits per heavy atom. The van der Waals surface area contributed by atoms with E-state index < -0.39 is 10.0 Å². The number of nitrogens with one attached hydrogen (secondary N) is 2. The van der Waals surface area contributed by atoms with E-state index in [0.717, 1.165) is 10.0 Å². The Balaban J connectivity index is 2.27. The van der Waals surface area contributed by atoms with Crippen LogP contribution in [0.1, 0.15) is 22.8 Å². The predicted molar refractivity (Wildman–Crippen MR) is 94.1 cm³/mol. The number of rotatable bonds is 5. The van der Waals surface area contributed by atoms with Crippen molar-refractivity contribution in [2.75, 3.05) is 11.9 Å². The van der Waals surface area contributed by atoms with Crippen molar-refractivity contribution in [2.24, 2.45) is 0 Å². The molecule has 0 radical (unpaired) electrons. The second-order valence-corrected chi connectivity index (χ2v) is 7.63. The first-order valence-corrected chi connectivity index (χ1v) is 9.28. The number of hydrogen-bond donors (Lipinski definition) is 2. The highest BCUT2D eigenvalue weighted by Gasteiger charge is 2.15. The molecule has 23 heavy (non-hydrogen) atoms. The molecule has 1 amide bonds. The molecule has 0 fully saturated rings. The first kappa shape index (κ1) is 17.7. The summed E-state index contributed by atoms with van der Waals surface area (Å²) in [5, 5.41) is 2.79. The minimum Gasteiger partial charge on any atom is -0.322 e. The first-order chi connectivity index (χ1) is 10.8. The third kappa shape index (κ3) is 4.40. The molecule has 122 valence electrons. The second-order valence-electron chi connectivity index (χ2n) is 4.94. The van der Waals surface area contributed by atoms with E-state index in [0.29, 0.717) is 5.69 Å². The number of aryl methyl sites for hydroxylation is 1. The van der Waals surface area contributed by atoms with E-state index >= 15 is 0 Å². The summed E-state index contributed by atoms with van der Waals surface area (Å²) in [5.74, 6) is -0.357. The highest BCUT2D eigenvalue weighted by atomic mass is 79.9. The van der Waals surface area contributed by atoms with Crippen LogP contribution in [-0.4, -0.2) is 20.9 Å². The summed E-state index contributed by atoms with van der Waals surface area (Å²) in [7, 11) is -3.59. The fraction of sp³-hybridized carbons (Fsp3) is 0.188. The summed E-state index contributed by atoms with van der Waals surface area (Å²) in [6.07, 6.45) is 0. The van der Waals surface area contributed by atoms with E-state index in [1.54, 1.807) is 25.1 Å². The smallest absolute Gasteiger partial charge is 0.255 e. The van der Waals surface area contributed by atoms with Gasteiger partial charge in [0.05, 0.1) is 4.90 Å². The fourth-order valence-corrected chi connectivity index (χ4v) is 3.60. The molecule has 0 spiro atoms. The molecule has 0 heterocycles. The zero-order valence-electron chi connectivity index (χ0n) is 12.8. The van der Waals surface area contributed by atoms with E-state index in [1.807, 2.05) is 19.1 Å². The molecule has 0 unspecified atom stereocenters. The zero-order valence-corrected chi connectivity index (χ0v) is 15.2. The van der Waals surface area contributed by atoms with Crippen LogP contribution < -0.4 is 10.0 Å². The molecular weight excluding hydrogens is 380 g/mol. The van der Waals surface area contributed by atoms with Gasteiger partial charge < -0.3 is 5.32 Å². The summed E-state index contributed by atoms with van der Waals surface area (Å²) in [6, 6.07) is 11.5. The van der Waals surface area contributed by atoms with Gasteiger partial charge in [-0.3, -0.25) is 4.79 Å². The quantitative estimate of drug-likeness (QED) is 0.813. The Hall–Kier alpha value is -1.70. The fourth-order valence-electron chi connectivity index (χ4n) is 2.04. The van der Waals surface area contributed by atoms with Crippen molar-refractivity contribution >= 4 is 37.5 Å². The average Bonchev–Trinajstić information content (AvgIpc) is 2.50. The van der Waals surface area contributed by atoms with Crippen molar-refractivity contribution in [3.05, 3.63) is 58.1 Å². The Kier molecular flexibility index (Phi) is 5.56. The van der Waals surface area contributed by atoms with Gasteiger partial charge >= 0.3 is 0 Å². The number of hydrogen-bond acceptors (Lipinski definition) is 3. The van der Waals surface area contributed by atoms with Gasteiger partial charge in [0.15, 0.2) is 0 Å². The summed E-state index contributed by atoms with van der Waals surface area (Å²) in [4.78, 5) is 12.4. The molecule has 0 saturated carbocycles. The Morgan fingerprint density at radius 1 is 1.17 bits per heavy atom. The van der Waals surface area contributed by atoms with Gasteiger partial charge in [0.25, 0.3) is 5.91 Å². The van der Waals surface area contributed by atoms with E-state index in [1.165, 1.54) is 12.1 Å². The lowest BCUT2D eigenvalue weighted by atomic mass is 10.1. The van der Waals surface area contributed by atoms with Crippen LogP contribution in [0.2, 0.25) is 0 Å². The van der Waals surface area contributed by atoms with Gasteiger partial charge in [-0.1, -0.05) is 28.9 Å². The van der Waals surface area contributed by atoms with Crippen LogP contribution in [0, 0.1) is 6.92 Å². The van der Waals surface area contributed by atoms with Crippen LogP contribution in [0.5, 0.6) is 0 Å². The first-order valence-electron chi connectivity index (χ1n) is 7.00. The Bertz CT molecular complexity index is 835. The average molecular weight is 397 g/mol. The molecular formula is C16H17BrN2O3S. The number of carbonyl (C=O) groups is 1. The number of halogens is 1. The zero-order chi connectivity index (χ0) is 17.0. The van der Waals surface area contributed by atoms with Crippen LogP contribution in [0.25, 0.3) is 0 Å². The van der Waals surface area contributed by atoms with Gasteiger partial charge in [-0.2, -0.15) is 0 Å². The molecule has 2 aromatic rings. The number of anilines is 1. The van der Waals surface area contributed by atoms with Crippen molar-refractivity contribution in [3.8, 4) is 0 Å². The summed E-state index contributed by atoms with van der Waals surface area (Å²) < 4.78 is 27.3. The van der Waals surface area contributed by atoms with Gasteiger partial charge in [-0.15, -0.1) is 0 Å². The monoisotopic (exact) mass is 396 g/mol. The molecule has 0 aromatic heterocycles. The van der Waals surface area contributed by atoms with Crippen LogP contribution in [-0.2, 0) is 10.0 Å². The maximum Gasteiger partial charge on any atom is 0.255 e. The van der Waals surface area contributed by atoms with E-state index in [2.05, 4.69) is 26.0 Å².